The SMILES string of the molecule is O=S(=O)(Nc1cccc(CO)c1)C(F)F. The lowest BCUT2D eigenvalue weighted by molar-refractivity contribution is 0.236. The summed E-state index contributed by atoms with van der Waals surface area (Å²) in [5, 5.41) is 8.74. The predicted molar refractivity (Wildman–Crippen MR) is 50.9 cm³/mol. The van der Waals surface area contributed by atoms with E-state index in [4.69, 9.17) is 5.11 Å². The molecule has 0 amide bonds. The summed E-state index contributed by atoms with van der Waals surface area (Å²) in [5.74, 6) is -3.48. The van der Waals surface area contributed by atoms with Crippen LogP contribution in [0.25, 0.3) is 0 Å². The van der Waals surface area contributed by atoms with Crippen LogP contribution in [0.2, 0.25) is 0 Å². The highest BCUT2D eigenvalue weighted by molar-refractivity contribution is 7.93. The molecule has 0 saturated carbocycles. The van der Waals surface area contributed by atoms with Gasteiger partial charge in [-0.05, 0) is 17.7 Å². The van der Waals surface area contributed by atoms with Crippen LogP contribution in [0.5, 0.6) is 0 Å². The number of rotatable bonds is 4. The van der Waals surface area contributed by atoms with Gasteiger partial charge in [0.05, 0.1) is 6.61 Å². The third-order valence-corrected chi connectivity index (χ3v) is 2.59. The van der Waals surface area contributed by atoms with Gasteiger partial charge in [-0.3, -0.25) is 4.72 Å². The Labute approximate surface area is 85.6 Å². The highest BCUT2D eigenvalue weighted by Gasteiger charge is 2.23. The smallest absolute Gasteiger partial charge is 0.355 e. The number of alkyl halides is 2. The summed E-state index contributed by atoms with van der Waals surface area (Å²) in [6, 6.07) is 5.59. The molecule has 15 heavy (non-hydrogen) atoms. The first-order valence-electron chi connectivity index (χ1n) is 3.95. The van der Waals surface area contributed by atoms with Crippen LogP contribution in [0.3, 0.4) is 0 Å². The number of benzene rings is 1. The minimum Gasteiger partial charge on any atom is -0.392 e. The van der Waals surface area contributed by atoms with Gasteiger partial charge in [0.25, 0.3) is 10.0 Å². The first kappa shape index (κ1) is 11.9. The largest absolute Gasteiger partial charge is 0.392 e. The van der Waals surface area contributed by atoms with Gasteiger partial charge in [-0.15, -0.1) is 0 Å². The Balaban J connectivity index is 2.90. The van der Waals surface area contributed by atoms with Crippen molar-refractivity contribution in [1.29, 1.82) is 0 Å². The molecule has 0 aliphatic carbocycles. The van der Waals surface area contributed by atoms with Crippen LogP contribution in [-0.4, -0.2) is 19.3 Å². The predicted octanol–water partition coefficient (Wildman–Crippen LogP) is 1.14. The number of hydrogen-bond acceptors (Lipinski definition) is 3. The quantitative estimate of drug-likeness (QED) is 0.825. The number of sulfonamides is 1. The molecule has 2 N–H and O–H groups in total. The maximum absolute atomic E-state index is 12.0. The minimum absolute atomic E-state index is 0.00171. The van der Waals surface area contributed by atoms with Crippen molar-refractivity contribution < 1.29 is 22.3 Å². The van der Waals surface area contributed by atoms with Crippen LogP contribution in [0, 0.1) is 0 Å². The van der Waals surface area contributed by atoms with Crippen LogP contribution >= 0.6 is 0 Å². The lowest BCUT2D eigenvalue weighted by atomic mass is 10.2. The van der Waals surface area contributed by atoms with Gasteiger partial charge in [0.15, 0.2) is 0 Å². The van der Waals surface area contributed by atoms with Gasteiger partial charge in [-0.2, -0.15) is 8.78 Å². The zero-order chi connectivity index (χ0) is 11.5. The molecule has 0 unspecified atom stereocenters. The maximum Gasteiger partial charge on any atom is 0.355 e. The summed E-state index contributed by atoms with van der Waals surface area (Å²) in [7, 11) is -4.64. The lowest BCUT2D eigenvalue weighted by Crippen LogP contribution is -2.20. The fourth-order valence-corrected chi connectivity index (χ4v) is 1.49. The Hall–Kier alpha value is -1.21. The Bertz CT molecular complexity index is 433. The van der Waals surface area contributed by atoms with E-state index in [9.17, 15) is 17.2 Å². The maximum atomic E-state index is 12.0. The number of aliphatic hydroxyl groups excluding tert-OH is 1. The average Bonchev–Trinajstić information content (AvgIpc) is 2.17. The molecule has 0 bridgehead atoms. The van der Waals surface area contributed by atoms with E-state index in [1.54, 1.807) is 10.8 Å². The number of halogens is 2. The van der Waals surface area contributed by atoms with Crippen LogP contribution in [0.1, 0.15) is 5.56 Å². The lowest BCUT2D eigenvalue weighted by Gasteiger charge is -2.07. The second-order valence-corrected chi connectivity index (χ2v) is 4.42. The molecule has 0 atom stereocenters. The third-order valence-electron chi connectivity index (χ3n) is 1.60. The van der Waals surface area contributed by atoms with Gasteiger partial charge < -0.3 is 5.11 Å². The molecule has 1 aromatic rings. The molecule has 84 valence electrons. The molecule has 0 saturated heterocycles. The molecule has 0 aromatic heterocycles. The molecule has 0 aliphatic heterocycles. The molecule has 4 nitrogen and oxygen atoms in total. The average molecular weight is 237 g/mol. The first-order valence-corrected chi connectivity index (χ1v) is 5.50. The van der Waals surface area contributed by atoms with Gasteiger partial charge in [0, 0.05) is 5.69 Å². The standard InChI is InChI=1S/C8H9F2NO3S/c9-8(10)15(13,14)11-7-3-1-2-6(4-7)5-12/h1-4,8,11-12H,5H2. The van der Waals surface area contributed by atoms with Crippen LogP contribution < -0.4 is 4.72 Å². The Morgan fingerprint density at radius 3 is 2.60 bits per heavy atom. The van der Waals surface area contributed by atoms with Gasteiger partial charge in [-0.25, -0.2) is 8.42 Å². The Kier molecular flexibility index (Phi) is 3.59. The fourth-order valence-electron chi connectivity index (χ4n) is 0.942. The topological polar surface area (TPSA) is 66.4 Å². The Morgan fingerprint density at radius 2 is 2.07 bits per heavy atom. The fraction of sp³-hybridized carbons (Fsp3) is 0.250. The van der Waals surface area contributed by atoms with E-state index in [0.717, 1.165) is 0 Å². The van der Waals surface area contributed by atoms with Crippen molar-refractivity contribution in [2.24, 2.45) is 0 Å². The highest BCUT2D eigenvalue weighted by Crippen LogP contribution is 2.15. The summed E-state index contributed by atoms with van der Waals surface area (Å²) in [5.41, 5.74) is 0.436. The van der Waals surface area contributed by atoms with Crippen molar-refractivity contribution in [2.45, 2.75) is 12.4 Å². The minimum atomic E-state index is -4.64. The molecule has 0 aliphatic rings. The van der Waals surface area contributed by atoms with Crippen molar-refractivity contribution in [3.05, 3.63) is 29.8 Å². The van der Waals surface area contributed by atoms with Gasteiger partial charge in [-0.1, -0.05) is 12.1 Å². The molecule has 0 spiro atoms. The molecule has 0 heterocycles. The Morgan fingerprint density at radius 1 is 1.40 bits per heavy atom. The van der Waals surface area contributed by atoms with E-state index in [1.165, 1.54) is 18.2 Å². The van der Waals surface area contributed by atoms with E-state index in [0.29, 0.717) is 5.56 Å². The van der Waals surface area contributed by atoms with Crippen LogP contribution in [0.4, 0.5) is 14.5 Å². The van der Waals surface area contributed by atoms with E-state index in [-0.39, 0.29) is 12.3 Å². The number of nitrogens with one attached hydrogen (secondary N) is 1. The summed E-state index contributed by atoms with van der Waals surface area (Å²) in [6.07, 6.45) is 0. The third kappa shape index (κ3) is 3.14. The normalized spacial score (nSPS) is 11.7. The monoisotopic (exact) mass is 237 g/mol. The van der Waals surface area contributed by atoms with Crippen molar-refractivity contribution in [2.75, 3.05) is 4.72 Å². The summed E-state index contributed by atoms with van der Waals surface area (Å²) in [6.45, 7) is -0.287. The van der Waals surface area contributed by atoms with Gasteiger partial charge in [0.1, 0.15) is 0 Å². The van der Waals surface area contributed by atoms with Crippen LogP contribution in [0.15, 0.2) is 24.3 Å². The van der Waals surface area contributed by atoms with Crippen molar-refractivity contribution >= 4 is 15.7 Å². The number of hydrogen-bond donors (Lipinski definition) is 2. The highest BCUT2D eigenvalue weighted by atomic mass is 32.2. The summed E-state index contributed by atoms with van der Waals surface area (Å²) in [4.78, 5) is 0. The van der Waals surface area contributed by atoms with Gasteiger partial charge >= 0.3 is 5.76 Å². The number of aliphatic hydroxyl groups is 1. The molecule has 0 radical (unpaired) electrons. The zero-order valence-electron chi connectivity index (χ0n) is 7.52. The molecular formula is C8H9F2NO3S. The first-order chi connectivity index (χ1) is 6.95. The molecule has 1 aromatic carbocycles. The summed E-state index contributed by atoms with van der Waals surface area (Å²) >= 11 is 0. The summed E-state index contributed by atoms with van der Waals surface area (Å²) < 4.78 is 47.2. The van der Waals surface area contributed by atoms with Crippen molar-refractivity contribution in [3.8, 4) is 0 Å². The van der Waals surface area contributed by atoms with Crippen molar-refractivity contribution in [3.63, 3.8) is 0 Å². The zero-order valence-corrected chi connectivity index (χ0v) is 8.34. The van der Waals surface area contributed by atoms with E-state index < -0.39 is 15.8 Å². The van der Waals surface area contributed by atoms with Gasteiger partial charge in [0.2, 0.25) is 0 Å². The van der Waals surface area contributed by atoms with E-state index in [1.807, 2.05) is 0 Å². The van der Waals surface area contributed by atoms with E-state index in [2.05, 4.69) is 0 Å². The molecule has 1 rings (SSSR count). The number of anilines is 1. The van der Waals surface area contributed by atoms with Crippen LogP contribution in [-0.2, 0) is 16.6 Å². The second-order valence-electron chi connectivity index (χ2n) is 2.77. The second kappa shape index (κ2) is 4.54. The molecule has 0 fully saturated rings. The van der Waals surface area contributed by atoms with E-state index >= 15 is 0 Å². The van der Waals surface area contributed by atoms with Crippen molar-refractivity contribution in [1.82, 2.24) is 0 Å². The molecular weight excluding hydrogens is 228 g/mol. The molecule has 7 heteroatoms.